The molecule has 2 atom stereocenters. The van der Waals surface area contributed by atoms with Crippen LogP contribution in [0.4, 0.5) is 5.13 Å². The van der Waals surface area contributed by atoms with Crippen LogP contribution in [-0.4, -0.2) is 10.9 Å². The van der Waals surface area contributed by atoms with Gasteiger partial charge in [-0.1, -0.05) is 59.6 Å². The number of hydrogen-bond donors (Lipinski definition) is 1. The topological polar surface area (TPSA) is 42.0 Å². The zero-order valence-corrected chi connectivity index (χ0v) is 15.4. The lowest BCUT2D eigenvalue weighted by atomic mass is 10.1. The van der Waals surface area contributed by atoms with Gasteiger partial charge in [0.15, 0.2) is 5.13 Å². The Hall–Kier alpha value is -1.88. The molecule has 0 saturated heterocycles. The van der Waals surface area contributed by atoms with Crippen molar-refractivity contribution < 1.29 is 4.79 Å². The average molecular weight is 389 g/mol. The van der Waals surface area contributed by atoms with Crippen LogP contribution in [0.5, 0.6) is 0 Å². The molecule has 1 fully saturated rings. The van der Waals surface area contributed by atoms with Gasteiger partial charge in [-0.3, -0.25) is 4.79 Å². The van der Waals surface area contributed by atoms with Crippen molar-refractivity contribution in [3.8, 4) is 11.3 Å². The number of nitrogens with one attached hydrogen (secondary N) is 1. The maximum atomic E-state index is 12.4. The first-order valence-electron chi connectivity index (χ1n) is 7.88. The maximum Gasteiger partial charge on any atom is 0.229 e. The van der Waals surface area contributed by atoms with E-state index in [1.807, 2.05) is 29.6 Å². The predicted molar refractivity (Wildman–Crippen MR) is 103 cm³/mol. The molecule has 3 nitrogen and oxygen atoms in total. The Kier molecular flexibility index (Phi) is 4.50. The first kappa shape index (κ1) is 16.6. The maximum absolute atomic E-state index is 12.4. The Bertz CT molecular complexity index is 926. The minimum absolute atomic E-state index is 0.0275. The molecule has 1 aromatic heterocycles. The molecule has 1 aliphatic carbocycles. The van der Waals surface area contributed by atoms with Gasteiger partial charge in [0, 0.05) is 16.9 Å². The molecule has 0 radical (unpaired) electrons. The van der Waals surface area contributed by atoms with E-state index < -0.39 is 0 Å². The van der Waals surface area contributed by atoms with Gasteiger partial charge in [0.25, 0.3) is 0 Å². The van der Waals surface area contributed by atoms with Crippen LogP contribution in [-0.2, 0) is 4.79 Å². The summed E-state index contributed by atoms with van der Waals surface area (Å²) < 4.78 is 0. The van der Waals surface area contributed by atoms with E-state index >= 15 is 0 Å². The average Bonchev–Trinajstić information content (AvgIpc) is 3.31. The van der Waals surface area contributed by atoms with Gasteiger partial charge in [0.05, 0.1) is 15.7 Å². The summed E-state index contributed by atoms with van der Waals surface area (Å²) in [5, 5.41) is 6.43. The molecule has 1 amide bonds. The third kappa shape index (κ3) is 3.56. The second-order valence-corrected chi connectivity index (χ2v) is 7.69. The lowest BCUT2D eigenvalue weighted by Crippen LogP contribution is -2.14. The monoisotopic (exact) mass is 388 g/mol. The van der Waals surface area contributed by atoms with Crippen molar-refractivity contribution in [3.05, 3.63) is 69.5 Å². The summed E-state index contributed by atoms with van der Waals surface area (Å²) in [6.45, 7) is 0. The lowest BCUT2D eigenvalue weighted by molar-refractivity contribution is -0.117. The van der Waals surface area contributed by atoms with Crippen molar-refractivity contribution in [1.82, 2.24) is 4.98 Å². The van der Waals surface area contributed by atoms with E-state index in [9.17, 15) is 4.79 Å². The Balaban J connectivity index is 1.43. The summed E-state index contributed by atoms with van der Waals surface area (Å²) in [5.74, 6) is 0.374. The van der Waals surface area contributed by atoms with Gasteiger partial charge in [-0.2, -0.15) is 0 Å². The van der Waals surface area contributed by atoms with Crippen LogP contribution in [0, 0.1) is 5.92 Å². The summed E-state index contributed by atoms with van der Waals surface area (Å²) in [6.07, 6.45) is 0.890. The van der Waals surface area contributed by atoms with E-state index in [1.54, 1.807) is 12.1 Å². The predicted octanol–water partition coefficient (Wildman–Crippen LogP) is 5.86. The van der Waals surface area contributed by atoms with Crippen LogP contribution in [0.15, 0.2) is 53.9 Å². The molecule has 25 heavy (non-hydrogen) atoms. The standard InChI is InChI=1S/C19H14Cl2N2OS/c20-15-7-6-12(8-16(15)21)17-10-25-19(22-17)23-18(24)14-9-13(14)11-4-2-1-3-5-11/h1-8,10,13-14H,9H2,(H,22,23,24). The summed E-state index contributed by atoms with van der Waals surface area (Å²) in [5.41, 5.74) is 2.87. The number of carbonyl (C=O) groups is 1. The molecule has 126 valence electrons. The zero-order chi connectivity index (χ0) is 17.4. The molecule has 0 spiro atoms. The number of aromatic nitrogens is 1. The molecule has 6 heteroatoms. The number of rotatable bonds is 4. The number of hydrogen-bond acceptors (Lipinski definition) is 3. The minimum atomic E-state index is 0.0275. The number of nitrogens with zero attached hydrogens (tertiary/aromatic N) is 1. The first-order chi connectivity index (χ1) is 12.1. The Labute approximate surface area is 159 Å². The van der Waals surface area contributed by atoms with E-state index in [4.69, 9.17) is 23.2 Å². The SMILES string of the molecule is O=C(Nc1nc(-c2ccc(Cl)c(Cl)c2)cs1)C1CC1c1ccccc1. The van der Waals surface area contributed by atoms with E-state index in [0.717, 1.165) is 17.7 Å². The molecule has 3 aromatic rings. The van der Waals surface area contributed by atoms with Crippen LogP contribution < -0.4 is 5.32 Å². The number of benzene rings is 2. The minimum Gasteiger partial charge on any atom is -0.302 e. The molecule has 2 aromatic carbocycles. The van der Waals surface area contributed by atoms with Gasteiger partial charge in [-0.05, 0) is 30.0 Å². The van der Waals surface area contributed by atoms with E-state index in [2.05, 4.69) is 22.4 Å². The summed E-state index contributed by atoms with van der Waals surface area (Å²) in [4.78, 5) is 16.9. The Morgan fingerprint density at radius 3 is 2.68 bits per heavy atom. The van der Waals surface area contributed by atoms with Crippen molar-refractivity contribution in [2.45, 2.75) is 12.3 Å². The third-order valence-electron chi connectivity index (χ3n) is 4.30. The number of thiazole rings is 1. The quantitative estimate of drug-likeness (QED) is 0.607. The van der Waals surface area contributed by atoms with Crippen molar-refractivity contribution >= 4 is 45.6 Å². The van der Waals surface area contributed by atoms with Crippen molar-refractivity contribution in [2.75, 3.05) is 5.32 Å². The molecular weight excluding hydrogens is 375 g/mol. The van der Waals surface area contributed by atoms with Crippen molar-refractivity contribution in [2.24, 2.45) is 5.92 Å². The highest BCUT2D eigenvalue weighted by Gasteiger charge is 2.44. The molecule has 2 unspecified atom stereocenters. The highest BCUT2D eigenvalue weighted by atomic mass is 35.5. The molecule has 1 aliphatic rings. The summed E-state index contributed by atoms with van der Waals surface area (Å²) >= 11 is 13.4. The Morgan fingerprint density at radius 1 is 1.12 bits per heavy atom. The molecule has 1 heterocycles. The molecule has 0 aliphatic heterocycles. The molecule has 1 saturated carbocycles. The lowest BCUT2D eigenvalue weighted by Gasteiger charge is -2.02. The third-order valence-corrected chi connectivity index (χ3v) is 5.80. The molecule has 1 N–H and O–H groups in total. The first-order valence-corrected chi connectivity index (χ1v) is 9.52. The van der Waals surface area contributed by atoms with Gasteiger partial charge in [0.1, 0.15) is 0 Å². The molecular formula is C19H14Cl2N2OS. The van der Waals surface area contributed by atoms with E-state index in [1.165, 1.54) is 16.9 Å². The van der Waals surface area contributed by atoms with Gasteiger partial charge in [0.2, 0.25) is 5.91 Å². The smallest absolute Gasteiger partial charge is 0.229 e. The van der Waals surface area contributed by atoms with Crippen LogP contribution in [0.3, 0.4) is 0 Å². The number of amides is 1. The highest BCUT2D eigenvalue weighted by molar-refractivity contribution is 7.14. The fraction of sp³-hybridized carbons (Fsp3) is 0.158. The van der Waals surface area contributed by atoms with Crippen LogP contribution in [0.2, 0.25) is 10.0 Å². The van der Waals surface area contributed by atoms with Crippen LogP contribution in [0.1, 0.15) is 17.9 Å². The van der Waals surface area contributed by atoms with Crippen molar-refractivity contribution in [1.29, 1.82) is 0 Å². The van der Waals surface area contributed by atoms with Gasteiger partial charge in [-0.25, -0.2) is 4.98 Å². The van der Waals surface area contributed by atoms with Crippen LogP contribution in [0.25, 0.3) is 11.3 Å². The number of carbonyl (C=O) groups excluding carboxylic acids is 1. The zero-order valence-electron chi connectivity index (χ0n) is 13.1. The Morgan fingerprint density at radius 2 is 1.92 bits per heavy atom. The number of halogens is 2. The fourth-order valence-electron chi connectivity index (χ4n) is 2.87. The summed E-state index contributed by atoms with van der Waals surface area (Å²) in [7, 11) is 0. The largest absolute Gasteiger partial charge is 0.302 e. The second-order valence-electron chi connectivity index (χ2n) is 6.02. The number of anilines is 1. The highest BCUT2D eigenvalue weighted by Crippen LogP contribution is 2.48. The molecule has 0 bridgehead atoms. The van der Waals surface area contributed by atoms with E-state index in [-0.39, 0.29) is 11.8 Å². The van der Waals surface area contributed by atoms with Crippen molar-refractivity contribution in [3.63, 3.8) is 0 Å². The van der Waals surface area contributed by atoms with E-state index in [0.29, 0.717) is 21.1 Å². The second kappa shape index (κ2) is 6.79. The molecule has 4 rings (SSSR count). The van der Waals surface area contributed by atoms with Crippen LogP contribution >= 0.6 is 34.5 Å². The fourth-order valence-corrected chi connectivity index (χ4v) is 3.89. The van der Waals surface area contributed by atoms with Gasteiger partial charge < -0.3 is 5.32 Å². The normalized spacial score (nSPS) is 18.8. The van der Waals surface area contributed by atoms with Gasteiger partial charge in [-0.15, -0.1) is 11.3 Å². The summed E-state index contributed by atoms with van der Waals surface area (Å²) in [6, 6.07) is 15.5. The van der Waals surface area contributed by atoms with Gasteiger partial charge >= 0.3 is 0 Å².